The predicted octanol–water partition coefficient (Wildman–Crippen LogP) is -2.72. The Morgan fingerprint density at radius 2 is 1.95 bits per heavy atom. The monoisotopic (exact) mass is 307 g/mol. The number of aliphatic hydroxyl groups excluding tert-OH is 4. The van der Waals surface area contributed by atoms with E-state index in [2.05, 4.69) is 0 Å². The molecule has 0 unspecified atom stereocenters. The van der Waals surface area contributed by atoms with Crippen molar-refractivity contribution in [2.24, 2.45) is 0 Å². The molecule has 6 atom stereocenters. The van der Waals surface area contributed by atoms with Crippen molar-refractivity contribution < 1.29 is 34.8 Å². The molecule has 1 amide bonds. The summed E-state index contributed by atoms with van der Waals surface area (Å²) in [5.74, 6) is -1.34. The van der Waals surface area contributed by atoms with Crippen LogP contribution in [0.2, 0.25) is 0 Å². The van der Waals surface area contributed by atoms with Gasteiger partial charge in [0.25, 0.3) is 5.91 Å². The highest BCUT2D eigenvalue weighted by atomic mass is 32.2. The van der Waals surface area contributed by atoms with Crippen molar-refractivity contribution in [3.63, 3.8) is 0 Å². The van der Waals surface area contributed by atoms with E-state index in [0.29, 0.717) is 0 Å². The topological polar surface area (TPSA) is 128 Å². The molecule has 114 valence electrons. The highest BCUT2D eigenvalue weighted by Crippen LogP contribution is 2.36. The SMILES string of the molecule is CCOC(=O)[C@@H]1CS[C@@H]2[C@H](O)[C@@H](O)[C@H](O)[C@H](O)C(=O)N21. The molecule has 0 aliphatic carbocycles. The number of hydrogen-bond donors (Lipinski definition) is 4. The molecule has 0 aromatic rings. The number of rotatable bonds is 2. The molecule has 0 spiro atoms. The van der Waals surface area contributed by atoms with Crippen LogP contribution in [0.4, 0.5) is 0 Å². The molecular weight excluding hydrogens is 290 g/mol. The summed E-state index contributed by atoms with van der Waals surface area (Å²) < 4.78 is 4.85. The van der Waals surface area contributed by atoms with Gasteiger partial charge in [0.2, 0.25) is 0 Å². The molecular formula is C11H17NO7S. The summed E-state index contributed by atoms with van der Waals surface area (Å²) in [6, 6.07) is -0.945. The summed E-state index contributed by atoms with van der Waals surface area (Å²) in [6.45, 7) is 1.77. The lowest BCUT2D eigenvalue weighted by Crippen LogP contribution is -2.51. The minimum absolute atomic E-state index is 0.142. The molecule has 2 rings (SSSR count). The summed E-state index contributed by atoms with van der Waals surface area (Å²) in [4.78, 5) is 24.9. The van der Waals surface area contributed by atoms with Crippen LogP contribution in [0.15, 0.2) is 0 Å². The first-order valence-corrected chi connectivity index (χ1v) is 7.27. The Balaban J connectivity index is 2.30. The maximum Gasteiger partial charge on any atom is 0.329 e. The van der Waals surface area contributed by atoms with Gasteiger partial charge in [-0.3, -0.25) is 4.79 Å². The van der Waals surface area contributed by atoms with Gasteiger partial charge in [-0.25, -0.2) is 4.79 Å². The van der Waals surface area contributed by atoms with E-state index in [9.17, 15) is 30.0 Å². The van der Waals surface area contributed by atoms with Gasteiger partial charge >= 0.3 is 5.97 Å². The first-order chi connectivity index (χ1) is 9.40. The van der Waals surface area contributed by atoms with E-state index < -0.39 is 47.7 Å². The fraction of sp³-hybridized carbons (Fsp3) is 0.818. The van der Waals surface area contributed by atoms with Crippen LogP contribution in [0.1, 0.15) is 6.92 Å². The fourth-order valence-corrected chi connectivity index (χ4v) is 3.79. The summed E-state index contributed by atoms with van der Waals surface area (Å²) in [7, 11) is 0. The van der Waals surface area contributed by atoms with Crippen LogP contribution in [0.25, 0.3) is 0 Å². The average molecular weight is 307 g/mol. The van der Waals surface area contributed by atoms with Gasteiger partial charge in [-0.15, -0.1) is 11.8 Å². The molecule has 0 aromatic heterocycles. The lowest BCUT2D eigenvalue weighted by molar-refractivity contribution is -0.158. The van der Waals surface area contributed by atoms with Gasteiger partial charge in [-0.05, 0) is 6.92 Å². The number of fused-ring (bicyclic) bond motifs is 1. The predicted molar refractivity (Wildman–Crippen MR) is 67.5 cm³/mol. The Kier molecular flexibility index (Phi) is 4.55. The summed E-state index contributed by atoms with van der Waals surface area (Å²) in [5.41, 5.74) is 0. The van der Waals surface area contributed by atoms with Crippen molar-refractivity contribution in [3.05, 3.63) is 0 Å². The third kappa shape index (κ3) is 2.40. The third-order valence-corrected chi connectivity index (χ3v) is 4.77. The number of esters is 1. The number of thioether (sulfide) groups is 1. The zero-order chi connectivity index (χ0) is 15.0. The number of carbonyl (C=O) groups excluding carboxylic acids is 2. The van der Waals surface area contributed by atoms with E-state index in [0.717, 1.165) is 16.7 Å². The van der Waals surface area contributed by atoms with Crippen molar-refractivity contribution in [2.45, 2.75) is 42.8 Å². The Hall–Kier alpha value is -0.870. The number of ether oxygens (including phenoxy) is 1. The van der Waals surface area contributed by atoms with E-state index in [1.807, 2.05) is 0 Å². The van der Waals surface area contributed by atoms with Crippen LogP contribution in [-0.2, 0) is 14.3 Å². The standard InChI is InChI=1S/C11H17NO7S/c1-2-19-11(18)4-3-20-10-8(16)6(14)5(13)7(15)9(17)12(4)10/h4-8,10,13-16H,2-3H2,1H3/t4-,5-,6-,7-,8+,10+/m0/s1. The maximum atomic E-state index is 12.1. The van der Waals surface area contributed by atoms with Crippen molar-refractivity contribution in [1.29, 1.82) is 0 Å². The molecule has 0 radical (unpaired) electrons. The Morgan fingerprint density at radius 3 is 2.55 bits per heavy atom. The highest BCUT2D eigenvalue weighted by molar-refractivity contribution is 8.00. The van der Waals surface area contributed by atoms with Crippen LogP contribution in [0, 0.1) is 0 Å². The largest absolute Gasteiger partial charge is 0.464 e. The first-order valence-electron chi connectivity index (χ1n) is 6.22. The fourth-order valence-electron chi connectivity index (χ4n) is 2.35. The second kappa shape index (κ2) is 5.86. The molecule has 4 N–H and O–H groups in total. The number of nitrogens with zero attached hydrogens (tertiary/aromatic N) is 1. The van der Waals surface area contributed by atoms with Gasteiger partial charge in [0, 0.05) is 5.75 Å². The molecule has 0 bridgehead atoms. The minimum atomic E-state index is -1.89. The number of carbonyl (C=O) groups is 2. The molecule has 9 heteroatoms. The van der Waals surface area contributed by atoms with Gasteiger partial charge in [0.15, 0.2) is 6.10 Å². The van der Waals surface area contributed by atoms with E-state index in [-0.39, 0.29) is 12.4 Å². The van der Waals surface area contributed by atoms with Crippen molar-refractivity contribution in [1.82, 2.24) is 4.90 Å². The number of aliphatic hydroxyl groups is 4. The molecule has 2 aliphatic heterocycles. The Labute approximate surface area is 119 Å². The molecule has 20 heavy (non-hydrogen) atoms. The summed E-state index contributed by atoms with van der Waals surface area (Å²) in [5, 5.41) is 38.1. The van der Waals surface area contributed by atoms with E-state index >= 15 is 0 Å². The second-order valence-corrected chi connectivity index (χ2v) is 5.80. The summed E-state index contributed by atoms with van der Waals surface area (Å²) in [6.07, 6.45) is -6.82. The van der Waals surface area contributed by atoms with Crippen molar-refractivity contribution in [3.8, 4) is 0 Å². The smallest absolute Gasteiger partial charge is 0.329 e. The third-order valence-electron chi connectivity index (χ3n) is 3.42. The minimum Gasteiger partial charge on any atom is -0.464 e. The number of hydrogen-bond acceptors (Lipinski definition) is 8. The summed E-state index contributed by atoms with van der Waals surface area (Å²) >= 11 is 1.09. The van der Waals surface area contributed by atoms with Gasteiger partial charge in [-0.2, -0.15) is 0 Å². The van der Waals surface area contributed by atoms with Crippen LogP contribution >= 0.6 is 11.8 Å². The van der Waals surface area contributed by atoms with E-state index in [4.69, 9.17) is 4.74 Å². The molecule has 0 saturated carbocycles. The van der Waals surface area contributed by atoms with Gasteiger partial charge in [0.1, 0.15) is 29.7 Å². The Morgan fingerprint density at radius 1 is 1.30 bits per heavy atom. The highest BCUT2D eigenvalue weighted by Gasteiger charge is 2.54. The first kappa shape index (κ1) is 15.5. The molecule has 2 aliphatic rings. The quantitative estimate of drug-likeness (QED) is 0.405. The zero-order valence-corrected chi connectivity index (χ0v) is 11.6. The van der Waals surface area contributed by atoms with Gasteiger partial charge < -0.3 is 30.1 Å². The van der Waals surface area contributed by atoms with Crippen LogP contribution in [0.5, 0.6) is 0 Å². The zero-order valence-electron chi connectivity index (χ0n) is 10.7. The van der Waals surface area contributed by atoms with E-state index in [1.165, 1.54) is 0 Å². The van der Waals surface area contributed by atoms with Crippen molar-refractivity contribution in [2.75, 3.05) is 12.4 Å². The molecule has 2 heterocycles. The van der Waals surface area contributed by atoms with Crippen molar-refractivity contribution >= 4 is 23.6 Å². The van der Waals surface area contributed by atoms with Crippen LogP contribution in [-0.4, -0.2) is 85.4 Å². The van der Waals surface area contributed by atoms with E-state index in [1.54, 1.807) is 6.92 Å². The van der Waals surface area contributed by atoms with Crippen LogP contribution in [0.3, 0.4) is 0 Å². The molecule has 2 fully saturated rings. The molecule has 8 nitrogen and oxygen atoms in total. The number of amides is 1. The average Bonchev–Trinajstić information content (AvgIpc) is 2.85. The molecule has 0 aromatic carbocycles. The van der Waals surface area contributed by atoms with Gasteiger partial charge in [-0.1, -0.05) is 0 Å². The normalized spacial score (nSPS) is 41.2. The second-order valence-electron chi connectivity index (χ2n) is 4.65. The van der Waals surface area contributed by atoms with Gasteiger partial charge in [0.05, 0.1) is 6.61 Å². The lowest BCUT2D eigenvalue weighted by Gasteiger charge is -2.29. The Bertz CT molecular complexity index is 406. The maximum absolute atomic E-state index is 12.1. The lowest BCUT2D eigenvalue weighted by atomic mass is 10.1. The van der Waals surface area contributed by atoms with Crippen LogP contribution < -0.4 is 0 Å². The molecule has 2 saturated heterocycles.